The van der Waals surface area contributed by atoms with Gasteiger partial charge in [0.2, 0.25) is 0 Å². The van der Waals surface area contributed by atoms with Crippen LogP contribution in [0.15, 0.2) is 30.3 Å². The molecule has 2 atom stereocenters. The Morgan fingerprint density at radius 2 is 2.05 bits per heavy atom. The Morgan fingerprint density at radius 1 is 1.26 bits per heavy atom. The molecule has 100 valence electrons. The average molecular weight is 256 g/mol. The summed E-state index contributed by atoms with van der Waals surface area (Å²) in [5.41, 5.74) is 1.68. The van der Waals surface area contributed by atoms with Crippen LogP contribution in [0.3, 0.4) is 0 Å². The predicted molar refractivity (Wildman–Crippen MR) is 77.2 cm³/mol. The number of H-pyrrole nitrogens is 1. The standard InChI is InChI=1S/C16H20N2O/c1-11-6-2-4-8-13(11)18-16(19)15-10-12-7-3-5-9-14(12)17-15/h3,5,7,9-11,13,17H,2,4,6,8H2,1H3,(H,18,19)/t11-,13+/m1/s1. The molecular weight excluding hydrogens is 236 g/mol. The zero-order valence-corrected chi connectivity index (χ0v) is 11.3. The number of aromatic amines is 1. The summed E-state index contributed by atoms with van der Waals surface area (Å²) in [5, 5.41) is 4.26. The molecule has 2 aromatic rings. The minimum atomic E-state index is 0.0231. The summed E-state index contributed by atoms with van der Waals surface area (Å²) in [4.78, 5) is 15.5. The molecule has 1 aromatic carbocycles. The minimum Gasteiger partial charge on any atom is -0.351 e. The van der Waals surface area contributed by atoms with Gasteiger partial charge in [-0.1, -0.05) is 38.0 Å². The van der Waals surface area contributed by atoms with Crippen LogP contribution in [0.1, 0.15) is 43.1 Å². The van der Waals surface area contributed by atoms with Crippen molar-refractivity contribution in [1.29, 1.82) is 0 Å². The van der Waals surface area contributed by atoms with E-state index in [1.165, 1.54) is 19.3 Å². The van der Waals surface area contributed by atoms with Gasteiger partial charge in [-0.3, -0.25) is 4.79 Å². The fourth-order valence-corrected chi connectivity index (χ4v) is 2.97. The number of nitrogens with one attached hydrogen (secondary N) is 2. The van der Waals surface area contributed by atoms with Gasteiger partial charge in [-0.25, -0.2) is 0 Å². The third kappa shape index (κ3) is 2.50. The molecule has 1 aliphatic rings. The number of fused-ring (bicyclic) bond motifs is 1. The summed E-state index contributed by atoms with van der Waals surface area (Å²) in [6.45, 7) is 2.23. The van der Waals surface area contributed by atoms with Gasteiger partial charge in [0.05, 0.1) is 0 Å². The lowest BCUT2D eigenvalue weighted by atomic mass is 9.86. The molecule has 1 aromatic heterocycles. The van der Waals surface area contributed by atoms with Crippen molar-refractivity contribution in [3.63, 3.8) is 0 Å². The molecule has 0 aliphatic heterocycles. The number of rotatable bonds is 2. The Hall–Kier alpha value is -1.77. The Balaban J connectivity index is 1.76. The SMILES string of the molecule is C[C@@H]1CCCC[C@@H]1NC(=O)c1cc2ccccc2[nH]1. The summed E-state index contributed by atoms with van der Waals surface area (Å²) in [7, 11) is 0. The fraction of sp³-hybridized carbons (Fsp3) is 0.438. The van der Waals surface area contributed by atoms with E-state index >= 15 is 0 Å². The van der Waals surface area contributed by atoms with Crippen molar-refractivity contribution in [2.45, 2.75) is 38.6 Å². The first-order valence-electron chi connectivity index (χ1n) is 7.12. The Kier molecular flexibility index (Phi) is 3.28. The van der Waals surface area contributed by atoms with Gasteiger partial charge in [0.1, 0.15) is 5.69 Å². The second kappa shape index (κ2) is 5.08. The summed E-state index contributed by atoms with van der Waals surface area (Å²) in [6.07, 6.45) is 4.84. The van der Waals surface area contributed by atoms with Gasteiger partial charge in [-0.05, 0) is 30.9 Å². The molecule has 2 N–H and O–H groups in total. The van der Waals surface area contributed by atoms with E-state index in [2.05, 4.69) is 17.2 Å². The quantitative estimate of drug-likeness (QED) is 0.849. The molecule has 1 saturated carbocycles. The van der Waals surface area contributed by atoms with Crippen molar-refractivity contribution >= 4 is 16.8 Å². The van der Waals surface area contributed by atoms with Crippen LogP contribution in [-0.4, -0.2) is 16.9 Å². The van der Waals surface area contributed by atoms with Crippen LogP contribution in [0.4, 0.5) is 0 Å². The van der Waals surface area contributed by atoms with Gasteiger partial charge in [-0.15, -0.1) is 0 Å². The lowest BCUT2D eigenvalue weighted by Crippen LogP contribution is -2.41. The van der Waals surface area contributed by atoms with E-state index in [1.807, 2.05) is 30.3 Å². The number of hydrogen-bond acceptors (Lipinski definition) is 1. The van der Waals surface area contributed by atoms with E-state index in [1.54, 1.807) is 0 Å². The van der Waals surface area contributed by atoms with E-state index in [0.29, 0.717) is 17.7 Å². The minimum absolute atomic E-state index is 0.0231. The number of carbonyl (C=O) groups excluding carboxylic acids is 1. The molecule has 3 rings (SSSR count). The van der Waals surface area contributed by atoms with Crippen LogP contribution in [0.5, 0.6) is 0 Å². The molecule has 19 heavy (non-hydrogen) atoms. The largest absolute Gasteiger partial charge is 0.351 e. The van der Waals surface area contributed by atoms with Gasteiger partial charge < -0.3 is 10.3 Å². The van der Waals surface area contributed by atoms with Crippen LogP contribution in [-0.2, 0) is 0 Å². The van der Waals surface area contributed by atoms with Crippen LogP contribution < -0.4 is 5.32 Å². The highest BCUT2D eigenvalue weighted by atomic mass is 16.1. The number of carbonyl (C=O) groups is 1. The van der Waals surface area contributed by atoms with Gasteiger partial charge >= 0.3 is 0 Å². The summed E-state index contributed by atoms with van der Waals surface area (Å²) in [5.74, 6) is 0.608. The van der Waals surface area contributed by atoms with Crippen molar-refractivity contribution in [3.05, 3.63) is 36.0 Å². The lowest BCUT2D eigenvalue weighted by Gasteiger charge is -2.29. The molecule has 0 bridgehead atoms. The molecule has 3 heteroatoms. The molecular formula is C16H20N2O. The van der Waals surface area contributed by atoms with Crippen molar-refractivity contribution in [1.82, 2.24) is 10.3 Å². The van der Waals surface area contributed by atoms with Crippen molar-refractivity contribution < 1.29 is 4.79 Å². The van der Waals surface area contributed by atoms with Crippen molar-refractivity contribution in [3.8, 4) is 0 Å². The number of hydrogen-bond donors (Lipinski definition) is 2. The number of aromatic nitrogens is 1. The molecule has 3 nitrogen and oxygen atoms in total. The highest BCUT2D eigenvalue weighted by Gasteiger charge is 2.23. The molecule has 1 aliphatic carbocycles. The highest BCUT2D eigenvalue weighted by molar-refractivity contribution is 5.98. The van der Waals surface area contributed by atoms with E-state index < -0.39 is 0 Å². The van der Waals surface area contributed by atoms with Crippen molar-refractivity contribution in [2.75, 3.05) is 0 Å². The predicted octanol–water partition coefficient (Wildman–Crippen LogP) is 3.48. The molecule has 0 unspecified atom stereocenters. The molecule has 0 radical (unpaired) electrons. The normalized spacial score (nSPS) is 23.4. The third-order valence-corrected chi connectivity index (χ3v) is 4.20. The monoisotopic (exact) mass is 256 g/mol. The lowest BCUT2D eigenvalue weighted by molar-refractivity contribution is 0.0906. The van der Waals surface area contributed by atoms with E-state index in [0.717, 1.165) is 17.3 Å². The van der Waals surface area contributed by atoms with Crippen LogP contribution in [0.2, 0.25) is 0 Å². The highest BCUT2D eigenvalue weighted by Crippen LogP contribution is 2.24. The second-order valence-electron chi connectivity index (χ2n) is 5.61. The Labute approximate surface area is 113 Å². The average Bonchev–Trinajstić information content (AvgIpc) is 2.85. The number of amides is 1. The number of benzene rings is 1. The third-order valence-electron chi connectivity index (χ3n) is 4.20. The molecule has 0 saturated heterocycles. The second-order valence-corrected chi connectivity index (χ2v) is 5.61. The molecule has 1 amide bonds. The van der Waals surface area contributed by atoms with E-state index in [-0.39, 0.29) is 5.91 Å². The van der Waals surface area contributed by atoms with E-state index in [9.17, 15) is 4.79 Å². The van der Waals surface area contributed by atoms with E-state index in [4.69, 9.17) is 0 Å². The topological polar surface area (TPSA) is 44.9 Å². The Bertz CT molecular complexity index is 554. The van der Waals surface area contributed by atoms with Gasteiger partial charge in [0, 0.05) is 16.9 Å². The summed E-state index contributed by atoms with van der Waals surface area (Å²) >= 11 is 0. The maximum Gasteiger partial charge on any atom is 0.267 e. The maximum atomic E-state index is 12.3. The number of para-hydroxylation sites is 1. The fourth-order valence-electron chi connectivity index (χ4n) is 2.97. The first kappa shape index (κ1) is 12.3. The Morgan fingerprint density at radius 3 is 2.84 bits per heavy atom. The maximum absolute atomic E-state index is 12.3. The summed E-state index contributed by atoms with van der Waals surface area (Å²) in [6, 6.07) is 10.2. The van der Waals surface area contributed by atoms with Gasteiger partial charge in [-0.2, -0.15) is 0 Å². The first-order valence-corrected chi connectivity index (χ1v) is 7.12. The van der Waals surface area contributed by atoms with Crippen LogP contribution in [0.25, 0.3) is 10.9 Å². The summed E-state index contributed by atoms with van der Waals surface area (Å²) < 4.78 is 0. The van der Waals surface area contributed by atoms with Gasteiger partial charge in [0.15, 0.2) is 0 Å². The van der Waals surface area contributed by atoms with Crippen molar-refractivity contribution in [2.24, 2.45) is 5.92 Å². The van der Waals surface area contributed by atoms with Crippen LogP contribution >= 0.6 is 0 Å². The molecule has 1 heterocycles. The zero-order chi connectivity index (χ0) is 13.2. The van der Waals surface area contributed by atoms with Crippen LogP contribution in [0, 0.1) is 5.92 Å². The first-order chi connectivity index (χ1) is 9.24. The smallest absolute Gasteiger partial charge is 0.267 e. The zero-order valence-electron chi connectivity index (χ0n) is 11.3. The van der Waals surface area contributed by atoms with Gasteiger partial charge in [0.25, 0.3) is 5.91 Å². The molecule has 1 fully saturated rings. The molecule has 0 spiro atoms.